The van der Waals surface area contributed by atoms with E-state index in [0.29, 0.717) is 28.6 Å². The Morgan fingerprint density at radius 2 is 1.89 bits per heavy atom. The molecule has 0 aliphatic carbocycles. The molecule has 2 aromatic rings. The second-order valence-corrected chi connectivity index (χ2v) is 7.20. The number of nitrogens with one attached hydrogen (secondary N) is 1. The van der Waals surface area contributed by atoms with E-state index in [9.17, 15) is 14.4 Å². The lowest BCUT2D eigenvalue weighted by atomic mass is 10.2. The summed E-state index contributed by atoms with van der Waals surface area (Å²) >= 11 is 6.88. The van der Waals surface area contributed by atoms with Gasteiger partial charge in [0.25, 0.3) is 11.1 Å². The molecule has 8 heteroatoms. The van der Waals surface area contributed by atoms with Gasteiger partial charge in [0.05, 0.1) is 11.5 Å². The van der Waals surface area contributed by atoms with E-state index in [0.717, 1.165) is 16.7 Å². The molecule has 1 aliphatic rings. The Kier molecular flexibility index (Phi) is 6.38. The van der Waals surface area contributed by atoms with Crippen molar-refractivity contribution in [2.45, 2.75) is 6.92 Å². The first-order chi connectivity index (χ1) is 13.5. The molecule has 28 heavy (non-hydrogen) atoms. The van der Waals surface area contributed by atoms with Gasteiger partial charge in [-0.3, -0.25) is 19.3 Å². The Morgan fingerprint density at radius 1 is 1.18 bits per heavy atom. The summed E-state index contributed by atoms with van der Waals surface area (Å²) < 4.78 is 5.34. The highest BCUT2D eigenvalue weighted by molar-refractivity contribution is 8.18. The number of ether oxygens (including phenoxy) is 1. The van der Waals surface area contributed by atoms with Crippen molar-refractivity contribution >= 4 is 52.2 Å². The quantitative estimate of drug-likeness (QED) is 0.706. The predicted octanol–water partition coefficient (Wildman–Crippen LogP) is 4.41. The van der Waals surface area contributed by atoms with Gasteiger partial charge in [0.1, 0.15) is 12.3 Å². The predicted molar refractivity (Wildman–Crippen MR) is 110 cm³/mol. The molecule has 1 saturated heterocycles. The van der Waals surface area contributed by atoms with Gasteiger partial charge in [0, 0.05) is 10.7 Å². The van der Waals surface area contributed by atoms with E-state index in [1.165, 1.54) is 0 Å². The Hall–Kier alpha value is -2.77. The van der Waals surface area contributed by atoms with Gasteiger partial charge < -0.3 is 10.1 Å². The molecule has 6 nitrogen and oxygen atoms in total. The highest BCUT2D eigenvalue weighted by Crippen LogP contribution is 2.33. The number of anilines is 1. The third-order valence-corrected chi connectivity index (χ3v) is 5.07. The molecule has 0 bridgehead atoms. The fourth-order valence-corrected chi connectivity index (χ4v) is 3.53. The van der Waals surface area contributed by atoms with Crippen molar-refractivity contribution in [3.05, 3.63) is 64.0 Å². The number of amides is 3. The lowest BCUT2D eigenvalue weighted by Crippen LogP contribution is -2.36. The standard InChI is InChI=1S/C20H17ClN2O4S/c1-2-27-15-9-7-14(8-10-15)22-18(24)12-23-19(25)17(28-20(23)26)11-13-5-3-4-6-16(13)21/h3-11H,2,12H2,1H3,(H,22,24)/b17-11+. The lowest BCUT2D eigenvalue weighted by Gasteiger charge is -2.12. The zero-order chi connectivity index (χ0) is 20.1. The van der Waals surface area contributed by atoms with E-state index in [1.54, 1.807) is 54.6 Å². The Morgan fingerprint density at radius 3 is 2.57 bits per heavy atom. The van der Waals surface area contributed by atoms with Gasteiger partial charge in [-0.15, -0.1) is 0 Å². The maximum atomic E-state index is 12.5. The second kappa shape index (κ2) is 8.95. The van der Waals surface area contributed by atoms with Crippen molar-refractivity contribution in [1.82, 2.24) is 4.90 Å². The van der Waals surface area contributed by atoms with Gasteiger partial charge >= 0.3 is 0 Å². The number of halogens is 1. The van der Waals surface area contributed by atoms with Crippen LogP contribution in [0.3, 0.4) is 0 Å². The molecule has 0 aromatic heterocycles. The van der Waals surface area contributed by atoms with E-state index in [4.69, 9.17) is 16.3 Å². The Labute approximate surface area is 171 Å². The number of carbonyl (C=O) groups excluding carboxylic acids is 3. The number of hydrogen-bond donors (Lipinski definition) is 1. The Bertz CT molecular complexity index is 943. The third-order valence-electron chi connectivity index (χ3n) is 3.82. The molecule has 2 aromatic carbocycles. The molecule has 0 unspecified atom stereocenters. The van der Waals surface area contributed by atoms with E-state index in [1.807, 2.05) is 6.92 Å². The first-order valence-corrected chi connectivity index (χ1v) is 9.70. The average Bonchev–Trinajstić information content (AvgIpc) is 2.93. The number of rotatable bonds is 6. The monoisotopic (exact) mass is 416 g/mol. The van der Waals surface area contributed by atoms with Crippen molar-refractivity contribution in [3.8, 4) is 5.75 Å². The van der Waals surface area contributed by atoms with Gasteiger partial charge in [-0.25, -0.2) is 0 Å². The Balaban J connectivity index is 1.65. The SMILES string of the molecule is CCOc1ccc(NC(=O)CN2C(=O)S/C(=C/c3ccccc3Cl)C2=O)cc1. The first-order valence-electron chi connectivity index (χ1n) is 8.50. The van der Waals surface area contributed by atoms with Gasteiger partial charge in [-0.2, -0.15) is 0 Å². The molecule has 1 N–H and O–H groups in total. The molecule has 0 spiro atoms. The largest absolute Gasteiger partial charge is 0.494 e. The lowest BCUT2D eigenvalue weighted by molar-refractivity contribution is -0.127. The van der Waals surface area contributed by atoms with Crippen molar-refractivity contribution in [2.24, 2.45) is 0 Å². The molecule has 1 heterocycles. The van der Waals surface area contributed by atoms with Crippen LogP contribution < -0.4 is 10.1 Å². The zero-order valence-electron chi connectivity index (χ0n) is 15.0. The van der Waals surface area contributed by atoms with Crippen LogP contribution in [0.4, 0.5) is 10.5 Å². The smallest absolute Gasteiger partial charge is 0.294 e. The van der Waals surface area contributed by atoms with Crippen molar-refractivity contribution in [1.29, 1.82) is 0 Å². The van der Waals surface area contributed by atoms with E-state index in [2.05, 4.69) is 5.32 Å². The molecule has 1 aliphatic heterocycles. The second-order valence-electron chi connectivity index (χ2n) is 5.79. The number of carbonyl (C=O) groups is 3. The van der Waals surface area contributed by atoms with Crippen LogP contribution >= 0.6 is 23.4 Å². The van der Waals surface area contributed by atoms with E-state index in [-0.39, 0.29) is 11.4 Å². The minimum atomic E-state index is -0.517. The van der Waals surface area contributed by atoms with Crippen molar-refractivity contribution in [3.63, 3.8) is 0 Å². The van der Waals surface area contributed by atoms with Crippen molar-refractivity contribution < 1.29 is 19.1 Å². The summed E-state index contributed by atoms with van der Waals surface area (Å²) in [5.74, 6) is -0.293. The van der Waals surface area contributed by atoms with Crippen LogP contribution in [0.25, 0.3) is 6.08 Å². The van der Waals surface area contributed by atoms with Crippen LogP contribution in [0, 0.1) is 0 Å². The van der Waals surface area contributed by atoms with Crippen LogP contribution in [0.15, 0.2) is 53.4 Å². The van der Waals surface area contributed by atoms with Crippen LogP contribution in [0.1, 0.15) is 12.5 Å². The van der Waals surface area contributed by atoms with Gasteiger partial charge in [-0.05, 0) is 60.7 Å². The summed E-state index contributed by atoms with van der Waals surface area (Å²) in [6.07, 6.45) is 1.55. The van der Waals surface area contributed by atoms with Crippen LogP contribution in [-0.4, -0.2) is 35.1 Å². The maximum absolute atomic E-state index is 12.5. The highest BCUT2D eigenvalue weighted by Gasteiger charge is 2.36. The topological polar surface area (TPSA) is 75.7 Å². The maximum Gasteiger partial charge on any atom is 0.294 e. The minimum absolute atomic E-state index is 0.229. The number of thioether (sulfide) groups is 1. The van der Waals surface area contributed by atoms with Gasteiger partial charge in [-0.1, -0.05) is 29.8 Å². The molecule has 1 fully saturated rings. The van der Waals surface area contributed by atoms with Crippen LogP contribution in [0.2, 0.25) is 5.02 Å². The minimum Gasteiger partial charge on any atom is -0.494 e. The number of hydrogen-bond acceptors (Lipinski definition) is 5. The molecule has 144 valence electrons. The van der Waals surface area contributed by atoms with Gasteiger partial charge in [0.2, 0.25) is 5.91 Å². The molecule has 0 saturated carbocycles. The molecule has 3 rings (SSSR count). The number of imide groups is 1. The molecule has 3 amide bonds. The zero-order valence-corrected chi connectivity index (χ0v) is 16.5. The van der Waals surface area contributed by atoms with Crippen LogP contribution in [-0.2, 0) is 9.59 Å². The normalized spacial score (nSPS) is 15.2. The van der Waals surface area contributed by atoms with Gasteiger partial charge in [0.15, 0.2) is 0 Å². The summed E-state index contributed by atoms with van der Waals surface area (Å²) in [6, 6.07) is 13.8. The van der Waals surface area contributed by atoms with Crippen molar-refractivity contribution in [2.75, 3.05) is 18.5 Å². The number of nitrogens with zero attached hydrogens (tertiary/aromatic N) is 1. The summed E-state index contributed by atoms with van der Waals surface area (Å²) in [7, 11) is 0. The van der Waals surface area contributed by atoms with E-state index < -0.39 is 17.1 Å². The summed E-state index contributed by atoms with van der Waals surface area (Å²) in [5, 5.41) is 2.64. The molecule has 0 radical (unpaired) electrons. The molecule has 0 atom stereocenters. The summed E-state index contributed by atoms with van der Waals surface area (Å²) in [4.78, 5) is 38.1. The number of benzene rings is 2. The summed E-state index contributed by atoms with van der Waals surface area (Å²) in [5.41, 5.74) is 1.18. The fourth-order valence-electron chi connectivity index (χ4n) is 2.51. The highest BCUT2D eigenvalue weighted by atomic mass is 35.5. The fraction of sp³-hybridized carbons (Fsp3) is 0.150. The molecular weight excluding hydrogens is 400 g/mol. The van der Waals surface area contributed by atoms with E-state index >= 15 is 0 Å². The molecular formula is C20H17ClN2O4S. The van der Waals surface area contributed by atoms with Crippen LogP contribution in [0.5, 0.6) is 5.75 Å². The summed E-state index contributed by atoms with van der Waals surface area (Å²) in [6.45, 7) is 2.07. The average molecular weight is 417 g/mol. The third kappa shape index (κ3) is 4.74. The first kappa shape index (κ1) is 20.0.